The molecule has 0 radical (unpaired) electrons. The predicted molar refractivity (Wildman–Crippen MR) is 102 cm³/mol. The molecule has 2 heterocycles. The minimum atomic E-state index is -0.454. The van der Waals surface area contributed by atoms with Gasteiger partial charge in [-0.2, -0.15) is 0 Å². The first kappa shape index (κ1) is 17.2. The second kappa shape index (κ2) is 7.56. The summed E-state index contributed by atoms with van der Waals surface area (Å²) in [4.78, 5) is 4.71. The van der Waals surface area contributed by atoms with Crippen molar-refractivity contribution in [3.05, 3.63) is 53.6 Å². The molecule has 0 bridgehead atoms. The third kappa shape index (κ3) is 3.64. The van der Waals surface area contributed by atoms with Crippen LogP contribution in [0.15, 0.2) is 42.5 Å². The normalized spacial score (nSPS) is 18.3. The van der Waals surface area contributed by atoms with Gasteiger partial charge in [0.2, 0.25) is 0 Å². The Morgan fingerprint density at radius 1 is 1.12 bits per heavy atom. The average Bonchev–Trinajstić information content (AvgIpc) is 3.16. The maximum absolute atomic E-state index is 10.6. The number of anilines is 1. The van der Waals surface area contributed by atoms with Gasteiger partial charge in [0.1, 0.15) is 11.5 Å². The number of hydrogen-bond donors (Lipinski definition) is 1. The number of aliphatic hydroxyl groups is 1. The highest BCUT2D eigenvalue weighted by Gasteiger charge is 2.21. The van der Waals surface area contributed by atoms with Crippen molar-refractivity contribution >= 4 is 5.69 Å². The number of methoxy groups -OCH3 is 1. The first-order valence-corrected chi connectivity index (χ1v) is 9.28. The highest BCUT2D eigenvalue weighted by atomic mass is 16.5. The van der Waals surface area contributed by atoms with Crippen molar-refractivity contribution in [1.82, 2.24) is 4.90 Å². The van der Waals surface area contributed by atoms with Gasteiger partial charge in [-0.3, -0.25) is 4.90 Å². The lowest BCUT2D eigenvalue weighted by Gasteiger charge is -2.37. The Morgan fingerprint density at radius 2 is 1.96 bits per heavy atom. The maximum atomic E-state index is 10.6. The molecule has 1 N–H and O–H groups in total. The van der Waals surface area contributed by atoms with E-state index in [-0.39, 0.29) is 0 Å². The summed E-state index contributed by atoms with van der Waals surface area (Å²) in [6.45, 7) is 5.23. The molecule has 138 valence electrons. The Morgan fingerprint density at radius 3 is 2.77 bits per heavy atom. The van der Waals surface area contributed by atoms with Crippen LogP contribution in [0.1, 0.15) is 17.2 Å². The summed E-state index contributed by atoms with van der Waals surface area (Å²) in [7, 11) is 1.70. The van der Waals surface area contributed by atoms with Crippen LogP contribution in [0.4, 0.5) is 5.69 Å². The maximum Gasteiger partial charge on any atom is 0.122 e. The molecule has 0 saturated carbocycles. The summed E-state index contributed by atoms with van der Waals surface area (Å²) in [6, 6.07) is 14.3. The van der Waals surface area contributed by atoms with Crippen LogP contribution in [0.5, 0.6) is 11.5 Å². The summed E-state index contributed by atoms with van der Waals surface area (Å²) >= 11 is 0. The Kier molecular flexibility index (Phi) is 5.00. The van der Waals surface area contributed by atoms with Crippen molar-refractivity contribution in [2.75, 3.05) is 51.3 Å². The summed E-state index contributed by atoms with van der Waals surface area (Å²) in [5.74, 6) is 1.86. The number of fused-ring (bicyclic) bond motifs is 1. The van der Waals surface area contributed by atoms with Gasteiger partial charge in [-0.05, 0) is 35.4 Å². The van der Waals surface area contributed by atoms with Crippen LogP contribution in [-0.2, 0) is 6.42 Å². The lowest BCUT2D eigenvalue weighted by Crippen LogP contribution is -2.47. The zero-order chi connectivity index (χ0) is 17.9. The summed E-state index contributed by atoms with van der Waals surface area (Å²) in [6.07, 6.45) is 0.485. The van der Waals surface area contributed by atoms with Crippen molar-refractivity contribution in [2.45, 2.75) is 12.5 Å². The summed E-state index contributed by atoms with van der Waals surface area (Å²) in [5.41, 5.74) is 3.40. The number of hydrogen-bond acceptors (Lipinski definition) is 5. The van der Waals surface area contributed by atoms with E-state index < -0.39 is 6.10 Å². The van der Waals surface area contributed by atoms with Crippen LogP contribution >= 0.6 is 0 Å². The van der Waals surface area contributed by atoms with E-state index >= 15 is 0 Å². The fourth-order valence-corrected chi connectivity index (χ4v) is 3.76. The van der Waals surface area contributed by atoms with Crippen LogP contribution in [0.2, 0.25) is 0 Å². The zero-order valence-corrected chi connectivity index (χ0v) is 15.2. The molecular formula is C21H26N2O3. The standard InChI is InChI=1S/C21H26N2O3/c1-25-19-4-2-3-18(14-19)23-10-8-22(9-11-23)15-20(24)16-5-6-21-17(13-16)7-12-26-21/h2-6,13-14,20,24H,7-12,15H2,1H3/t20-/m1/s1. The summed E-state index contributed by atoms with van der Waals surface area (Å²) in [5, 5.41) is 10.6. The van der Waals surface area contributed by atoms with Crippen molar-refractivity contribution in [3.8, 4) is 11.5 Å². The molecule has 2 aromatic rings. The van der Waals surface area contributed by atoms with Crippen LogP contribution in [-0.4, -0.2) is 56.4 Å². The van der Waals surface area contributed by atoms with Gasteiger partial charge in [-0.1, -0.05) is 12.1 Å². The number of β-amino-alcohol motifs (C(OH)–C–C–N with tert-alkyl or cyclic N) is 1. The third-order valence-corrected chi connectivity index (χ3v) is 5.32. The number of benzene rings is 2. The predicted octanol–water partition coefficient (Wildman–Crippen LogP) is 2.49. The molecule has 5 heteroatoms. The smallest absolute Gasteiger partial charge is 0.122 e. The van der Waals surface area contributed by atoms with E-state index in [2.05, 4.69) is 28.0 Å². The Labute approximate surface area is 154 Å². The van der Waals surface area contributed by atoms with Crippen molar-refractivity contribution in [3.63, 3.8) is 0 Å². The Hall–Kier alpha value is -2.24. The van der Waals surface area contributed by atoms with Gasteiger partial charge >= 0.3 is 0 Å². The first-order chi connectivity index (χ1) is 12.7. The van der Waals surface area contributed by atoms with Gasteiger partial charge < -0.3 is 19.5 Å². The second-order valence-corrected chi connectivity index (χ2v) is 6.97. The average molecular weight is 354 g/mol. The molecule has 1 saturated heterocycles. The van der Waals surface area contributed by atoms with E-state index in [4.69, 9.17) is 9.47 Å². The van der Waals surface area contributed by atoms with E-state index in [1.807, 2.05) is 24.3 Å². The minimum Gasteiger partial charge on any atom is -0.497 e. The van der Waals surface area contributed by atoms with Gasteiger partial charge in [0, 0.05) is 50.9 Å². The quantitative estimate of drug-likeness (QED) is 0.894. The zero-order valence-electron chi connectivity index (χ0n) is 15.2. The molecule has 0 aromatic heterocycles. The number of nitrogens with zero attached hydrogens (tertiary/aromatic N) is 2. The molecule has 4 rings (SSSR count). The molecule has 0 unspecified atom stereocenters. The second-order valence-electron chi connectivity index (χ2n) is 6.97. The highest BCUT2D eigenvalue weighted by Crippen LogP contribution is 2.29. The van der Waals surface area contributed by atoms with E-state index in [0.29, 0.717) is 6.54 Å². The molecule has 1 atom stereocenters. The monoisotopic (exact) mass is 354 g/mol. The van der Waals surface area contributed by atoms with Crippen molar-refractivity contribution < 1.29 is 14.6 Å². The molecule has 1 fully saturated rings. The van der Waals surface area contributed by atoms with E-state index in [1.165, 1.54) is 11.3 Å². The van der Waals surface area contributed by atoms with E-state index in [0.717, 1.165) is 56.3 Å². The van der Waals surface area contributed by atoms with Crippen molar-refractivity contribution in [2.24, 2.45) is 0 Å². The SMILES string of the molecule is COc1cccc(N2CCN(C[C@@H](O)c3ccc4c(c3)CCO4)CC2)c1. The largest absolute Gasteiger partial charge is 0.497 e. The molecule has 0 amide bonds. The molecule has 0 spiro atoms. The number of ether oxygens (including phenoxy) is 2. The van der Waals surface area contributed by atoms with E-state index in [1.54, 1.807) is 7.11 Å². The molecule has 2 aliphatic heterocycles. The Bertz CT molecular complexity index is 757. The molecule has 2 aromatic carbocycles. The van der Waals surface area contributed by atoms with Crippen LogP contribution in [0, 0.1) is 0 Å². The van der Waals surface area contributed by atoms with Gasteiger partial charge in [0.25, 0.3) is 0 Å². The first-order valence-electron chi connectivity index (χ1n) is 9.28. The number of rotatable bonds is 5. The van der Waals surface area contributed by atoms with Crippen LogP contribution in [0.25, 0.3) is 0 Å². The van der Waals surface area contributed by atoms with Crippen molar-refractivity contribution in [1.29, 1.82) is 0 Å². The molecule has 5 nitrogen and oxygen atoms in total. The van der Waals surface area contributed by atoms with Gasteiger partial charge in [0.15, 0.2) is 0 Å². The fourth-order valence-electron chi connectivity index (χ4n) is 3.76. The lowest BCUT2D eigenvalue weighted by molar-refractivity contribution is 0.109. The van der Waals surface area contributed by atoms with Crippen LogP contribution in [0.3, 0.4) is 0 Å². The highest BCUT2D eigenvalue weighted by molar-refractivity contribution is 5.51. The number of piperazine rings is 1. The van der Waals surface area contributed by atoms with Gasteiger partial charge in [-0.25, -0.2) is 0 Å². The topological polar surface area (TPSA) is 45.2 Å². The number of aliphatic hydroxyl groups excluding tert-OH is 1. The van der Waals surface area contributed by atoms with Crippen LogP contribution < -0.4 is 14.4 Å². The Balaban J connectivity index is 1.33. The molecule has 2 aliphatic rings. The lowest BCUT2D eigenvalue weighted by atomic mass is 10.0. The van der Waals surface area contributed by atoms with Gasteiger partial charge in [-0.15, -0.1) is 0 Å². The molecular weight excluding hydrogens is 328 g/mol. The fraction of sp³-hybridized carbons (Fsp3) is 0.429. The molecule has 0 aliphatic carbocycles. The third-order valence-electron chi connectivity index (χ3n) is 5.32. The molecule has 26 heavy (non-hydrogen) atoms. The summed E-state index contributed by atoms with van der Waals surface area (Å²) < 4.78 is 10.9. The van der Waals surface area contributed by atoms with E-state index in [9.17, 15) is 5.11 Å². The minimum absolute atomic E-state index is 0.454. The van der Waals surface area contributed by atoms with Gasteiger partial charge in [0.05, 0.1) is 19.8 Å².